The Morgan fingerprint density at radius 1 is 1.38 bits per heavy atom. The zero-order valence-corrected chi connectivity index (χ0v) is 10.3. The van der Waals surface area contributed by atoms with Gasteiger partial charge in [0.25, 0.3) is 0 Å². The Morgan fingerprint density at radius 2 is 2.12 bits per heavy atom. The van der Waals surface area contributed by atoms with Crippen LogP contribution in [0.1, 0.15) is 28.8 Å². The first-order chi connectivity index (χ1) is 7.79. The van der Waals surface area contributed by atoms with Crippen LogP contribution < -0.4 is 0 Å². The topological polar surface area (TPSA) is 26.3 Å². The molecule has 1 fully saturated rings. The van der Waals surface area contributed by atoms with Gasteiger partial charge in [0.15, 0.2) is 6.29 Å². The molecule has 0 aromatic heterocycles. The SMILES string of the molecule is Cc1ccc(SC2CCOCC2)c(C=O)c1. The summed E-state index contributed by atoms with van der Waals surface area (Å²) in [6.45, 7) is 3.70. The van der Waals surface area contributed by atoms with Gasteiger partial charge in [-0.15, -0.1) is 11.8 Å². The summed E-state index contributed by atoms with van der Waals surface area (Å²) in [5.74, 6) is 0. The molecule has 16 heavy (non-hydrogen) atoms. The van der Waals surface area contributed by atoms with Crippen molar-refractivity contribution in [3.05, 3.63) is 29.3 Å². The second-order valence-corrected chi connectivity index (χ2v) is 5.43. The van der Waals surface area contributed by atoms with Gasteiger partial charge in [-0.25, -0.2) is 0 Å². The van der Waals surface area contributed by atoms with Crippen molar-refractivity contribution in [2.75, 3.05) is 13.2 Å². The van der Waals surface area contributed by atoms with E-state index >= 15 is 0 Å². The molecule has 1 saturated heterocycles. The molecule has 1 heterocycles. The lowest BCUT2D eigenvalue weighted by atomic mass is 10.1. The second-order valence-electron chi connectivity index (χ2n) is 4.09. The highest BCUT2D eigenvalue weighted by atomic mass is 32.2. The molecule has 3 heteroatoms. The Bertz CT molecular complexity index is 370. The van der Waals surface area contributed by atoms with Crippen molar-refractivity contribution in [1.29, 1.82) is 0 Å². The molecule has 1 aliphatic heterocycles. The van der Waals surface area contributed by atoms with Crippen LogP contribution in [0.5, 0.6) is 0 Å². The predicted molar refractivity (Wildman–Crippen MR) is 66.3 cm³/mol. The van der Waals surface area contributed by atoms with Gasteiger partial charge in [0.05, 0.1) is 0 Å². The molecular formula is C13H16O2S. The maximum absolute atomic E-state index is 11.0. The number of rotatable bonds is 3. The molecule has 0 spiro atoms. The highest BCUT2D eigenvalue weighted by molar-refractivity contribution is 8.00. The maximum atomic E-state index is 11.0. The van der Waals surface area contributed by atoms with Gasteiger partial charge in [-0.3, -0.25) is 4.79 Å². The fourth-order valence-electron chi connectivity index (χ4n) is 1.84. The number of aldehydes is 1. The first-order valence-electron chi connectivity index (χ1n) is 5.60. The van der Waals surface area contributed by atoms with Crippen LogP contribution in [-0.4, -0.2) is 24.7 Å². The van der Waals surface area contributed by atoms with Gasteiger partial charge >= 0.3 is 0 Å². The number of carbonyl (C=O) groups is 1. The zero-order chi connectivity index (χ0) is 11.4. The molecule has 0 radical (unpaired) electrons. The minimum absolute atomic E-state index is 0.593. The molecule has 0 aliphatic carbocycles. The van der Waals surface area contributed by atoms with Gasteiger partial charge in [0, 0.05) is 28.9 Å². The van der Waals surface area contributed by atoms with Crippen LogP contribution in [0.2, 0.25) is 0 Å². The average molecular weight is 236 g/mol. The first-order valence-corrected chi connectivity index (χ1v) is 6.48. The third kappa shape index (κ3) is 2.86. The van der Waals surface area contributed by atoms with Gasteiger partial charge in [-0.2, -0.15) is 0 Å². The predicted octanol–water partition coefficient (Wildman–Crippen LogP) is 3.08. The van der Waals surface area contributed by atoms with Gasteiger partial charge in [-0.05, 0) is 31.9 Å². The van der Waals surface area contributed by atoms with Crippen LogP contribution in [0, 0.1) is 6.92 Å². The molecular weight excluding hydrogens is 220 g/mol. The molecule has 2 nitrogen and oxygen atoms in total. The number of hydrogen-bond donors (Lipinski definition) is 0. The number of thioether (sulfide) groups is 1. The van der Waals surface area contributed by atoms with E-state index in [4.69, 9.17) is 4.74 Å². The van der Waals surface area contributed by atoms with Crippen molar-refractivity contribution < 1.29 is 9.53 Å². The molecule has 1 aromatic carbocycles. The van der Waals surface area contributed by atoms with Crippen LogP contribution >= 0.6 is 11.8 Å². The number of carbonyl (C=O) groups excluding carboxylic acids is 1. The Balaban J connectivity index is 2.10. The number of benzene rings is 1. The van der Waals surface area contributed by atoms with Crippen LogP contribution in [0.15, 0.2) is 23.1 Å². The van der Waals surface area contributed by atoms with Crippen molar-refractivity contribution >= 4 is 18.0 Å². The van der Waals surface area contributed by atoms with Gasteiger partial charge in [0.2, 0.25) is 0 Å². The quantitative estimate of drug-likeness (QED) is 0.754. The molecule has 0 N–H and O–H groups in total. The zero-order valence-electron chi connectivity index (χ0n) is 9.44. The van der Waals surface area contributed by atoms with Crippen molar-refractivity contribution in [2.45, 2.75) is 29.9 Å². The normalized spacial score (nSPS) is 17.3. The van der Waals surface area contributed by atoms with Crippen molar-refractivity contribution in [3.8, 4) is 0 Å². The van der Waals surface area contributed by atoms with E-state index in [0.717, 1.165) is 48.4 Å². The second kappa shape index (κ2) is 5.51. The lowest BCUT2D eigenvalue weighted by Gasteiger charge is -2.22. The summed E-state index contributed by atoms with van der Waals surface area (Å²) in [6.07, 6.45) is 3.11. The van der Waals surface area contributed by atoms with E-state index < -0.39 is 0 Å². The summed E-state index contributed by atoms with van der Waals surface area (Å²) in [7, 11) is 0. The van der Waals surface area contributed by atoms with Crippen molar-refractivity contribution in [1.82, 2.24) is 0 Å². The molecule has 0 amide bonds. The van der Waals surface area contributed by atoms with Gasteiger partial charge in [-0.1, -0.05) is 11.6 Å². The number of aryl methyl sites for hydroxylation is 1. The summed E-state index contributed by atoms with van der Waals surface area (Å²) in [5, 5.41) is 0.593. The molecule has 1 aromatic rings. The van der Waals surface area contributed by atoms with E-state index in [2.05, 4.69) is 12.1 Å². The van der Waals surface area contributed by atoms with E-state index in [-0.39, 0.29) is 0 Å². The Labute approximate surface area is 100 Å². The summed E-state index contributed by atoms with van der Waals surface area (Å²) >= 11 is 1.81. The van der Waals surface area contributed by atoms with E-state index in [9.17, 15) is 4.79 Å². The molecule has 2 rings (SSSR count). The molecule has 0 bridgehead atoms. The standard InChI is InChI=1S/C13H16O2S/c1-10-2-3-13(11(8-10)9-14)16-12-4-6-15-7-5-12/h2-3,8-9,12H,4-7H2,1H3. The van der Waals surface area contributed by atoms with E-state index in [1.165, 1.54) is 0 Å². The van der Waals surface area contributed by atoms with Crippen LogP contribution in [0.3, 0.4) is 0 Å². The highest BCUT2D eigenvalue weighted by Crippen LogP contribution is 2.31. The fraction of sp³-hybridized carbons (Fsp3) is 0.462. The molecule has 86 valence electrons. The van der Waals surface area contributed by atoms with Crippen molar-refractivity contribution in [3.63, 3.8) is 0 Å². The smallest absolute Gasteiger partial charge is 0.151 e. The molecule has 1 aliphatic rings. The van der Waals surface area contributed by atoms with Crippen molar-refractivity contribution in [2.24, 2.45) is 0 Å². The third-order valence-electron chi connectivity index (χ3n) is 2.75. The van der Waals surface area contributed by atoms with E-state index in [0.29, 0.717) is 5.25 Å². The average Bonchev–Trinajstić information content (AvgIpc) is 2.33. The largest absolute Gasteiger partial charge is 0.381 e. The highest BCUT2D eigenvalue weighted by Gasteiger charge is 2.16. The maximum Gasteiger partial charge on any atom is 0.151 e. The Morgan fingerprint density at radius 3 is 2.81 bits per heavy atom. The third-order valence-corrected chi connectivity index (χ3v) is 4.18. The van der Waals surface area contributed by atoms with Gasteiger partial charge in [0.1, 0.15) is 0 Å². The lowest BCUT2D eigenvalue weighted by Crippen LogP contribution is -2.17. The fourth-order valence-corrected chi connectivity index (χ4v) is 3.02. The minimum atomic E-state index is 0.593. The van der Waals surface area contributed by atoms with E-state index in [1.54, 1.807) is 0 Å². The van der Waals surface area contributed by atoms with E-state index in [1.807, 2.05) is 24.8 Å². The monoisotopic (exact) mass is 236 g/mol. The Hall–Kier alpha value is -0.800. The lowest BCUT2D eigenvalue weighted by molar-refractivity contribution is 0.100. The van der Waals surface area contributed by atoms with Crippen LogP contribution in [0.25, 0.3) is 0 Å². The van der Waals surface area contributed by atoms with Gasteiger partial charge < -0.3 is 4.74 Å². The van der Waals surface area contributed by atoms with Crippen LogP contribution in [0.4, 0.5) is 0 Å². The summed E-state index contributed by atoms with van der Waals surface area (Å²) in [5.41, 5.74) is 1.95. The number of ether oxygens (including phenoxy) is 1. The minimum Gasteiger partial charge on any atom is -0.381 e. The summed E-state index contributed by atoms with van der Waals surface area (Å²) in [4.78, 5) is 12.1. The van der Waals surface area contributed by atoms with Crippen LogP contribution in [-0.2, 0) is 4.74 Å². The number of hydrogen-bond acceptors (Lipinski definition) is 3. The summed E-state index contributed by atoms with van der Waals surface area (Å²) in [6, 6.07) is 6.07. The molecule has 0 atom stereocenters. The Kier molecular flexibility index (Phi) is 4.02. The first kappa shape index (κ1) is 11.7. The molecule has 0 saturated carbocycles. The molecule has 0 unspecified atom stereocenters. The summed E-state index contributed by atoms with van der Waals surface area (Å²) < 4.78 is 5.33.